The average Bonchev–Trinajstić information content (AvgIpc) is 2.59. The molecule has 0 atom stereocenters. The molecule has 12 heavy (non-hydrogen) atoms. The molecule has 1 aromatic heterocycles. The molecule has 1 radical (unpaired) electrons. The van der Waals surface area contributed by atoms with Gasteiger partial charge in [0.15, 0.2) is 0 Å². The molecule has 0 aliphatic heterocycles. The summed E-state index contributed by atoms with van der Waals surface area (Å²) in [6.45, 7) is 0. The molecule has 0 saturated heterocycles. The summed E-state index contributed by atoms with van der Waals surface area (Å²) in [7, 11) is 0. The Morgan fingerprint density at radius 2 is 1.75 bits per heavy atom. The zero-order valence-electron chi connectivity index (χ0n) is 7.29. The van der Waals surface area contributed by atoms with Gasteiger partial charge in [0.05, 0.1) is 0 Å². The maximum Gasteiger partial charge on any atom is 0.0270 e. The molecule has 1 aliphatic rings. The third-order valence-corrected chi connectivity index (χ3v) is 2.51. The fourth-order valence-electron chi connectivity index (χ4n) is 1.84. The average molecular weight is 160 g/mol. The van der Waals surface area contributed by atoms with E-state index in [1.54, 1.807) is 5.92 Å². The Kier molecular flexibility index (Phi) is 2.40. The van der Waals surface area contributed by atoms with Gasteiger partial charge in [0.1, 0.15) is 0 Å². The first kappa shape index (κ1) is 7.78. The van der Waals surface area contributed by atoms with Crippen molar-refractivity contribution in [2.24, 2.45) is 0 Å². The zero-order chi connectivity index (χ0) is 8.23. The molecule has 0 N–H and O–H groups in total. The van der Waals surface area contributed by atoms with Crippen LogP contribution in [0.15, 0.2) is 24.5 Å². The summed E-state index contributed by atoms with van der Waals surface area (Å²) in [5.74, 6) is 1.72. The highest BCUT2D eigenvalue weighted by molar-refractivity contribution is 5.16. The molecule has 1 saturated carbocycles. The van der Waals surface area contributed by atoms with Crippen LogP contribution in [0.1, 0.15) is 31.2 Å². The van der Waals surface area contributed by atoms with Gasteiger partial charge in [-0.3, -0.25) is 4.98 Å². The first-order valence-corrected chi connectivity index (χ1v) is 4.67. The van der Waals surface area contributed by atoms with Crippen molar-refractivity contribution in [3.8, 4) is 0 Å². The molecule has 63 valence electrons. The SMILES string of the molecule is c1cc(C[C]2CCCC2)ccn1. The number of nitrogens with zero attached hydrogens (tertiary/aromatic N) is 1. The predicted molar refractivity (Wildman–Crippen MR) is 49.7 cm³/mol. The Bertz CT molecular complexity index is 224. The highest BCUT2D eigenvalue weighted by Gasteiger charge is 2.15. The van der Waals surface area contributed by atoms with Gasteiger partial charge in [0.2, 0.25) is 0 Å². The second-order valence-corrected chi connectivity index (χ2v) is 3.49. The van der Waals surface area contributed by atoms with Gasteiger partial charge in [-0.2, -0.15) is 0 Å². The summed E-state index contributed by atoms with van der Waals surface area (Å²) in [5.41, 5.74) is 1.42. The molecule has 0 amide bonds. The molecule has 0 bridgehead atoms. The van der Waals surface area contributed by atoms with Gasteiger partial charge in [-0.25, -0.2) is 0 Å². The van der Waals surface area contributed by atoms with Gasteiger partial charge >= 0.3 is 0 Å². The van der Waals surface area contributed by atoms with E-state index in [0.717, 1.165) is 0 Å². The number of aromatic nitrogens is 1. The molecule has 0 aromatic carbocycles. The van der Waals surface area contributed by atoms with E-state index in [0.29, 0.717) is 0 Å². The molecule has 0 spiro atoms. The summed E-state index contributed by atoms with van der Waals surface area (Å²) in [4.78, 5) is 4.01. The van der Waals surface area contributed by atoms with Gasteiger partial charge in [0.25, 0.3) is 0 Å². The first-order chi connectivity index (χ1) is 5.95. The number of hydrogen-bond acceptors (Lipinski definition) is 1. The molecule has 1 aliphatic carbocycles. The fraction of sp³-hybridized carbons (Fsp3) is 0.455. The van der Waals surface area contributed by atoms with Crippen molar-refractivity contribution in [2.45, 2.75) is 32.1 Å². The molecule has 1 fully saturated rings. The third kappa shape index (κ3) is 1.84. The Balaban J connectivity index is 1.94. The number of hydrogen-bond donors (Lipinski definition) is 0. The van der Waals surface area contributed by atoms with E-state index >= 15 is 0 Å². The van der Waals surface area contributed by atoms with Crippen molar-refractivity contribution >= 4 is 0 Å². The van der Waals surface area contributed by atoms with Crippen LogP contribution in [0, 0.1) is 5.92 Å². The van der Waals surface area contributed by atoms with E-state index in [1.165, 1.54) is 37.7 Å². The Labute approximate surface area is 73.8 Å². The smallest absolute Gasteiger partial charge is 0.0270 e. The van der Waals surface area contributed by atoms with E-state index in [1.807, 2.05) is 12.4 Å². The largest absolute Gasteiger partial charge is 0.265 e. The van der Waals surface area contributed by atoms with Crippen LogP contribution in [0.4, 0.5) is 0 Å². The molecular formula is C11H14N. The summed E-state index contributed by atoms with van der Waals surface area (Å²) in [6.07, 6.45) is 10.4. The van der Waals surface area contributed by atoms with Gasteiger partial charge < -0.3 is 0 Å². The highest BCUT2D eigenvalue weighted by Crippen LogP contribution is 2.29. The van der Waals surface area contributed by atoms with Crippen LogP contribution in [0.5, 0.6) is 0 Å². The van der Waals surface area contributed by atoms with Crippen LogP contribution < -0.4 is 0 Å². The lowest BCUT2D eigenvalue weighted by Crippen LogP contribution is -1.95. The maximum absolute atomic E-state index is 4.01. The Morgan fingerprint density at radius 1 is 1.08 bits per heavy atom. The van der Waals surface area contributed by atoms with E-state index in [4.69, 9.17) is 0 Å². The number of rotatable bonds is 2. The van der Waals surface area contributed by atoms with Crippen LogP contribution in [0.2, 0.25) is 0 Å². The summed E-state index contributed by atoms with van der Waals surface area (Å²) in [5, 5.41) is 0. The summed E-state index contributed by atoms with van der Waals surface area (Å²) < 4.78 is 0. The maximum atomic E-state index is 4.01. The lowest BCUT2D eigenvalue weighted by molar-refractivity contribution is 0.836. The lowest BCUT2D eigenvalue weighted by atomic mass is 9.99. The van der Waals surface area contributed by atoms with Crippen molar-refractivity contribution in [3.63, 3.8) is 0 Å². The first-order valence-electron chi connectivity index (χ1n) is 4.67. The van der Waals surface area contributed by atoms with Crippen molar-refractivity contribution in [1.29, 1.82) is 0 Å². The second kappa shape index (κ2) is 3.70. The molecule has 2 rings (SSSR count). The van der Waals surface area contributed by atoms with Gasteiger partial charge in [-0.15, -0.1) is 0 Å². The molecule has 1 heteroatoms. The monoisotopic (exact) mass is 160 g/mol. The predicted octanol–water partition coefficient (Wildman–Crippen LogP) is 2.77. The number of pyridine rings is 1. The topological polar surface area (TPSA) is 12.9 Å². The van der Waals surface area contributed by atoms with Crippen LogP contribution in [-0.2, 0) is 6.42 Å². The second-order valence-electron chi connectivity index (χ2n) is 3.49. The van der Waals surface area contributed by atoms with E-state index in [-0.39, 0.29) is 0 Å². The highest BCUT2D eigenvalue weighted by atomic mass is 14.6. The van der Waals surface area contributed by atoms with Gasteiger partial charge in [-0.1, -0.05) is 12.8 Å². The van der Waals surface area contributed by atoms with Crippen molar-refractivity contribution in [2.75, 3.05) is 0 Å². The van der Waals surface area contributed by atoms with Crippen molar-refractivity contribution < 1.29 is 0 Å². The summed E-state index contributed by atoms with van der Waals surface area (Å²) >= 11 is 0. The fourth-order valence-corrected chi connectivity index (χ4v) is 1.84. The minimum absolute atomic E-state index is 1.18. The molecule has 1 aromatic rings. The van der Waals surface area contributed by atoms with Crippen molar-refractivity contribution in [1.82, 2.24) is 4.98 Å². The van der Waals surface area contributed by atoms with E-state index in [2.05, 4.69) is 17.1 Å². The summed E-state index contributed by atoms with van der Waals surface area (Å²) in [6, 6.07) is 4.23. The van der Waals surface area contributed by atoms with Crippen LogP contribution in [-0.4, -0.2) is 4.98 Å². The standard InChI is InChI=1S/C11H14N/c1-2-4-10(3-1)9-11-5-7-12-8-6-11/h5-8H,1-4,9H2. The normalized spacial score (nSPS) is 18.3. The van der Waals surface area contributed by atoms with Crippen LogP contribution in [0.3, 0.4) is 0 Å². The van der Waals surface area contributed by atoms with E-state index < -0.39 is 0 Å². The molecule has 1 heterocycles. The molecular weight excluding hydrogens is 146 g/mol. The quantitative estimate of drug-likeness (QED) is 0.648. The Hall–Kier alpha value is -0.850. The molecule has 0 unspecified atom stereocenters. The third-order valence-electron chi connectivity index (χ3n) is 2.51. The van der Waals surface area contributed by atoms with E-state index in [9.17, 15) is 0 Å². The lowest BCUT2D eigenvalue weighted by Gasteiger charge is -2.06. The van der Waals surface area contributed by atoms with Crippen molar-refractivity contribution in [3.05, 3.63) is 36.0 Å². The van der Waals surface area contributed by atoms with Crippen LogP contribution >= 0.6 is 0 Å². The minimum Gasteiger partial charge on any atom is -0.265 e. The van der Waals surface area contributed by atoms with Gasteiger partial charge in [-0.05, 0) is 42.9 Å². The zero-order valence-corrected chi connectivity index (χ0v) is 7.29. The Morgan fingerprint density at radius 3 is 2.42 bits per heavy atom. The minimum atomic E-state index is 1.18. The van der Waals surface area contributed by atoms with Gasteiger partial charge in [0, 0.05) is 12.4 Å². The van der Waals surface area contributed by atoms with Crippen LogP contribution in [0.25, 0.3) is 0 Å². The molecule has 1 nitrogen and oxygen atoms in total.